The van der Waals surface area contributed by atoms with Gasteiger partial charge in [-0.3, -0.25) is 0 Å². The van der Waals surface area contributed by atoms with Gasteiger partial charge in [-0.1, -0.05) is 52.4 Å². The zero-order valence-corrected chi connectivity index (χ0v) is 15.0. The number of unbranched alkanes of at least 4 members (excludes halogenated alkanes) is 6. The van der Waals surface area contributed by atoms with Crippen LogP contribution in [0.1, 0.15) is 76.5 Å². The zero-order chi connectivity index (χ0) is 16.4. The monoisotopic (exact) mass is 306 g/mol. The highest BCUT2D eigenvalue weighted by Crippen LogP contribution is 2.20. The average Bonchev–Trinajstić information content (AvgIpc) is 2.50. The maximum atomic E-state index is 6.17. The van der Waals surface area contributed by atoms with E-state index in [-0.39, 0.29) is 0 Å². The summed E-state index contributed by atoms with van der Waals surface area (Å²) < 4.78 is 0. The molecule has 0 aliphatic rings. The largest absolute Gasteiger partial charge is 0.383 e. The van der Waals surface area contributed by atoms with Crippen LogP contribution in [-0.2, 0) is 6.42 Å². The normalized spacial score (nSPS) is 10.9. The van der Waals surface area contributed by atoms with Crippen LogP contribution in [0.25, 0.3) is 0 Å². The molecule has 0 amide bonds. The molecule has 126 valence electrons. The number of aromatic nitrogens is 2. The number of nitrogens with two attached hydrogens (primary N) is 1. The van der Waals surface area contributed by atoms with E-state index in [1.807, 2.05) is 7.05 Å². The lowest BCUT2D eigenvalue weighted by Gasteiger charge is -2.19. The second-order valence-corrected chi connectivity index (χ2v) is 6.27. The van der Waals surface area contributed by atoms with Gasteiger partial charge in [-0.2, -0.15) is 4.98 Å². The molecular weight excluding hydrogens is 272 g/mol. The topological polar surface area (TPSA) is 55.0 Å². The summed E-state index contributed by atoms with van der Waals surface area (Å²) in [7, 11) is 2.04. The van der Waals surface area contributed by atoms with E-state index in [9.17, 15) is 0 Å². The molecule has 0 aliphatic carbocycles. The minimum Gasteiger partial charge on any atom is -0.383 e. The van der Waals surface area contributed by atoms with Gasteiger partial charge in [-0.05, 0) is 26.2 Å². The fourth-order valence-corrected chi connectivity index (χ4v) is 2.66. The standard InChI is InChI=1S/C18H34N4/c1-5-7-9-10-11-12-13-16-15(3)20-18(21-17(16)19)22(4)14-8-6-2/h5-14H2,1-4H3,(H2,19,20,21). The summed E-state index contributed by atoms with van der Waals surface area (Å²) >= 11 is 0. The molecule has 0 bridgehead atoms. The molecule has 1 aromatic heterocycles. The predicted molar refractivity (Wildman–Crippen MR) is 96.4 cm³/mol. The second kappa shape index (κ2) is 10.4. The summed E-state index contributed by atoms with van der Waals surface area (Å²) in [6, 6.07) is 0. The van der Waals surface area contributed by atoms with Crippen molar-refractivity contribution in [2.45, 2.75) is 78.6 Å². The Morgan fingerprint density at radius 1 is 0.909 bits per heavy atom. The number of anilines is 2. The van der Waals surface area contributed by atoms with Gasteiger partial charge >= 0.3 is 0 Å². The molecule has 0 saturated heterocycles. The van der Waals surface area contributed by atoms with Crippen LogP contribution in [-0.4, -0.2) is 23.6 Å². The molecule has 4 nitrogen and oxygen atoms in total. The summed E-state index contributed by atoms with van der Waals surface area (Å²) in [5.74, 6) is 1.43. The van der Waals surface area contributed by atoms with Crippen LogP contribution in [0.3, 0.4) is 0 Å². The molecule has 0 fully saturated rings. The third kappa shape index (κ3) is 6.20. The van der Waals surface area contributed by atoms with Gasteiger partial charge in [0.05, 0.1) is 0 Å². The Kier molecular flexibility index (Phi) is 8.86. The lowest BCUT2D eigenvalue weighted by molar-refractivity contribution is 0.606. The van der Waals surface area contributed by atoms with Gasteiger partial charge in [0.15, 0.2) is 0 Å². The lowest BCUT2D eigenvalue weighted by Crippen LogP contribution is -2.22. The van der Waals surface area contributed by atoms with Gasteiger partial charge in [-0.15, -0.1) is 0 Å². The Morgan fingerprint density at radius 2 is 1.55 bits per heavy atom. The third-order valence-electron chi connectivity index (χ3n) is 4.20. The van der Waals surface area contributed by atoms with Crippen molar-refractivity contribution in [1.82, 2.24) is 9.97 Å². The average molecular weight is 306 g/mol. The Bertz CT molecular complexity index is 408. The summed E-state index contributed by atoms with van der Waals surface area (Å²) in [6.45, 7) is 7.48. The summed E-state index contributed by atoms with van der Waals surface area (Å²) in [6.07, 6.45) is 11.1. The molecule has 0 aromatic carbocycles. The van der Waals surface area contributed by atoms with E-state index in [1.165, 1.54) is 44.9 Å². The van der Waals surface area contributed by atoms with E-state index in [1.54, 1.807) is 0 Å². The SMILES string of the molecule is CCCCCCCCc1c(C)nc(N(C)CCCC)nc1N. The number of hydrogen-bond donors (Lipinski definition) is 1. The molecular formula is C18H34N4. The number of hydrogen-bond acceptors (Lipinski definition) is 4. The minimum atomic E-state index is 0.666. The smallest absolute Gasteiger partial charge is 0.227 e. The van der Waals surface area contributed by atoms with E-state index in [0.717, 1.165) is 36.6 Å². The van der Waals surface area contributed by atoms with Gasteiger partial charge in [0.1, 0.15) is 5.82 Å². The van der Waals surface area contributed by atoms with Crippen LogP contribution in [0.5, 0.6) is 0 Å². The van der Waals surface area contributed by atoms with Gasteiger partial charge in [0.25, 0.3) is 0 Å². The molecule has 1 rings (SSSR count). The Morgan fingerprint density at radius 3 is 2.18 bits per heavy atom. The molecule has 0 saturated carbocycles. The highest BCUT2D eigenvalue weighted by Gasteiger charge is 2.11. The molecule has 0 aliphatic heterocycles. The molecule has 1 heterocycles. The first-order valence-electron chi connectivity index (χ1n) is 8.94. The third-order valence-corrected chi connectivity index (χ3v) is 4.20. The maximum absolute atomic E-state index is 6.17. The van der Waals surface area contributed by atoms with Crippen molar-refractivity contribution in [3.8, 4) is 0 Å². The van der Waals surface area contributed by atoms with Crippen molar-refractivity contribution in [3.63, 3.8) is 0 Å². The minimum absolute atomic E-state index is 0.666. The van der Waals surface area contributed by atoms with Crippen LogP contribution >= 0.6 is 0 Å². The summed E-state index contributed by atoms with van der Waals surface area (Å²) in [5, 5.41) is 0. The second-order valence-electron chi connectivity index (χ2n) is 6.27. The maximum Gasteiger partial charge on any atom is 0.227 e. The van der Waals surface area contributed by atoms with E-state index in [2.05, 4.69) is 35.6 Å². The highest BCUT2D eigenvalue weighted by molar-refractivity contribution is 5.47. The van der Waals surface area contributed by atoms with Crippen LogP contribution < -0.4 is 10.6 Å². The van der Waals surface area contributed by atoms with Crippen molar-refractivity contribution in [3.05, 3.63) is 11.3 Å². The van der Waals surface area contributed by atoms with Crippen molar-refractivity contribution >= 4 is 11.8 Å². The van der Waals surface area contributed by atoms with E-state index >= 15 is 0 Å². The highest BCUT2D eigenvalue weighted by atomic mass is 15.2. The van der Waals surface area contributed by atoms with Gasteiger partial charge in [0, 0.05) is 24.8 Å². The first kappa shape index (κ1) is 18.7. The molecule has 1 aromatic rings. The summed E-state index contributed by atoms with van der Waals surface area (Å²) in [5.41, 5.74) is 8.36. The Balaban J connectivity index is 2.54. The molecule has 0 atom stereocenters. The molecule has 4 heteroatoms. The van der Waals surface area contributed by atoms with Crippen molar-refractivity contribution < 1.29 is 0 Å². The van der Waals surface area contributed by atoms with Crippen molar-refractivity contribution in [2.75, 3.05) is 24.2 Å². The van der Waals surface area contributed by atoms with Crippen LogP contribution in [0, 0.1) is 6.92 Å². The molecule has 0 spiro atoms. The molecule has 0 unspecified atom stereocenters. The van der Waals surface area contributed by atoms with E-state index in [4.69, 9.17) is 5.73 Å². The number of aryl methyl sites for hydroxylation is 1. The van der Waals surface area contributed by atoms with Crippen LogP contribution in [0.2, 0.25) is 0 Å². The molecule has 2 N–H and O–H groups in total. The van der Waals surface area contributed by atoms with Crippen LogP contribution in [0.15, 0.2) is 0 Å². The van der Waals surface area contributed by atoms with Crippen LogP contribution in [0.4, 0.5) is 11.8 Å². The molecule has 0 radical (unpaired) electrons. The summed E-state index contributed by atoms with van der Waals surface area (Å²) in [4.78, 5) is 11.3. The van der Waals surface area contributed by atoms with Gasteiger partial charge in [-0.25, -0.2) is 4.98 Å². The first-order chi connectivity index (χ1) is 10.6. The first-order valence-corrected chi connectivity index (χ1v) is 8.94. The molecule has 22 heavy (non-hydrogen) atoms. The van der Waals surface area contributed by atoms with E-state index in [0.29, 0.717) is 5.82 Å². The number of nitrogen functional groups attached to an aromatic ring is 1. The van der Waals surface area contributed by atoms with Crippen molar-refractivity contribution in [2.24, 2.45) is 0 Å². The number of nitrogens with zero attached hydrogens (tertiary/aromatic N) is 3. The fraction of sp³-hybridized carbons (Fsp3) is 0.778. The Labute approximate surface area is 136 Å². The number of rotatable bonds is 11. The lowest BCUT2D eigenvalue weighted by atomic mass is 10.0. The quantitative estimate of drug-likeness (QED) is 0.611. The predicted octanol–water partition coefficient (Wildman–Crippen LogP) is 4.51. The fourth-order valence-electron chi connectivity index (χ4n) is 2.66. The van der Waals surface area contributed by atoms with E-state index < -0.39 is 0 Å². The van der Waals surface area contributed by atoms with Gasteiger partial charge < -0.3 is 10.6 Å². The zero-order valence-electron chi connectivity index (χ0n) is 15.0. The Hall–Kier alpha value is -1.32. The van der Waals surface area contributed by atoms with Gasteiger partial charge in [0.2, 0.25) is 5.95 Å². The van der Waals surface area contributed by atoms with Crippen molar-refractivity contribution in [1.29, 1.82) is 0 Å².